The number of rotatable bonds is 5. The van der Waals surface area contributed by atoms with Crippen molar-refractivity contribution in [1.29, 1.82) is 0 Å². The predicted molar refractivity (Wildman–Crippen MR) is 63.9 cm³/mol. The van der Waals surface area contributed by atoms with E-state index in [1.165, 1.54) is 24.3 Å². The van der Waals surface area contributed by atoms with Gasteiger partial charge in [0.05, 0.1) is 5.56 Å². The maximum Gasteiger partial charge on any atom is 0.428 e. The minimum Gasteiger partial charge on any atom is -0.396 e. The van der Waals surface area contributed by atoms with Crippen LogP contribution < -0.4 is 5.73 Å². The summed E-state index contributed by atoms with van der Waals surface area (Å²) in [6.45, 7) is 3.70. The van der Waals surface area contributed by atoms with Crippen LogP contribution in [0.25, 0.3) is 0 Å². The van der Waals surface area contributed by atoms with Crippen molar-refractivity contribution < 1.29 is 18.3 Å². The number of benzene rings is 1. The number of esters is 1. The SMILES string of the molecule is CC(C)CC(N)C(=O)OC(F)(F)c1ccccc1. The topological polar surface area (TPSA) is 52.3 Å². The Kier molecular flexibility index (Phi) is 4.78. The second-order valence-electron chi connectivity index (χ2n) is 4.54. The van der Waals surface area contributed by atoms with Gasteiger partial charge in [-0.05, 0) is 24.5 Å². The molecule has 0 aromatic heterocycles. The van der Waals surface area contributed by atoms with Crippen molar-refractivity contribution in [2.24, 2.45) is 11.7 Å². The fraction of sp³-hybridized carbons (Fsp3) is 0.462. The van der Waals surface area contributed by atoms with Crippen LogP contribution in [-0.4, -0.2) is 12.0 Å². The molecule has 100 valence electrons. The molecule has 2 N–H and O–H groups in total. The van der Waals surface area contributed by atoms with Crippen molar-refractivity contribution in [2.75, 3.05) is 0 Å². The van der Waals surface area contributed by atoms with E-state index in [1.807, 2.05) is 13.8 Å². The molecular formula is C13H17F2NO2. The standard InChI is InChI=1S/C13H17F2NO2/c1-9(2)8-11(16)12(17)18-13(14,15)10-6-4-3-5-7-10/h3-7,9,11H,8,16H2,1-2H3. The van der Waals surface area contributed by atoms with Crippen LogP contribution in [0.5, 0.6) is 0 Å². The smallest absolute Gasteiger partial charge is 0.396 e. The summed E-state index contributed by atoms with van der Waals surface area (Å²) in [6, 6.07) is 5.87. The molecule has 0 saturated heterocycles. The van der Waals surface area contributed by atoms with E-state index in [-0.39, 0.29) is 11.5 Å². The van der Waals surface area contributed by atoms with Gasteiger partial charge in [-0.1, -0.05) is 32.0 Å². The molecular weight excluding hydrogens is 240 g/mol. The molecule has 3 nitrogen and oxygen atoms in total. The van der Waals surface area contributed by atoms with Gasteiger partial charge in [0.1, 0.15) is 6.04 Å². The molecule has 1 aromatic carbocycles. The van der Waals surface area contributed by atoms with Crippen molar-refractivity contribution >= 4 is 5.97 Å². The normalized spacial score (nSPS) is 13.4. The molecule has 0 aliphatic heterocycles. The number of hydrogen-bond donors (Lipinski definition) is 1. The second-order valence-corrected chi connectivity index (χ2v) is 4.54. The van der Waals surface area contributed by atoms with E-state index in [9.17, 15) is 13.6 Å². The molecule has 0 aliphatic carbocycles. The number of alkyl halides is 2. The van der Waals surface area contributed by atoms with Crippen molar-refractivity contribution in [3.8, 4) is 0 Å². The lowest BCUT2D eigenvalue weighted by Crippen LogP contribution is -2.37. The van der Waals surface area contributed by atoms with Gasteiger partial charge < -0.3 is 10.5 Å². The van der Waals surface area contributed by atoms with Gasteiger partial charge in [-0.25, -0.2) is 0 Å². The highest BCUT2D eigenvalue weighted by Crippen LogP contribution is 2.29. The molecule has 0 amide bonds. The summed E-state index contributed by atoms with van der Waals surface area (Å²) in [5, 5.41) is 0. The Hall–Kier alpha value is -1.49. The zero-order valence-corrected chi connectivity index (χ0v) is 10.4. The fourth-order valence-electron chi connectivity index (χ4n) is 1.50. The molecule has 1 rings (SSSR count). The van der Waals surface area contributed by atoms with Gasteiger partial charge in [0, 0.05) is 0 Å². The third-order valence-corrected chi connectivity index (χ3v) is 2.37. The number of hydrogen-bond acceptors (Lipinski definition) is 3. The van der Waals surface area contributed by atoms with E-state index >= 15 is 0 Å². The van der Waals surface area contributed by atoms with Gasteiger partial charge in [-0.15, -0.1) is 0 Å². The second kappa shape index (κ2) is 5.91. The first kappa shape index (κ1) is 14.6. The lowest BCUT2D eigenvalue weighted by molar-refractivity contribution is -0.241. The lowest BCUT2D eigenvalue weighted by atomic mass is 10.0. The summed E-state index contributed by atoms with van der Waals surface area (Å²) in [5.74, 6) is -0.949. The molecule has 0 bridgehead atoms. The zero-order valence-electron chi connectivity index (χ0n) is 10.4. The monoisotopic (exact) mass is 257 g/mol. The number of halogens is 2. The van der Waals surface area contributed by atoms with Gasteiger partial charge in [0.25, 0.3) is 0 Å². The summed E-state index contributed by atoms with van der Waals surface area (Å²) in [6.07, 6.45) is -3.34. The average Bonchev–Trinajstić information content (AvgIpc) is 2.28. The maximum atomic E-state index is 13.6. The van der Waals surface area contributed by atoms with Crippen LogP contribution in [0.1, 0.15) is 25.8 Å². The molecule has 0 heterocycles. The van der Waals surface area contributed by atoms with Crippen molar-refractivity contribution in [3.63, 3.8) is 0 Å². The van der Waals surface area contributed by atoms with Crippen molar-refractivity contribution in [1.82, 2.24) is 0 Å². The first-order chi connectivity index (χ1) is 8.33. The van der Waals surface area contributed by atoms with Gasteiger partial charge in [0.15, 0.2) is 0 Å². The maximum absolute atomic E-state index is 13.6. The Morgan fingerprint density at radius 3 is 2.39 bits per heavy atom. The molecule has 0 saturated carbocycles. The molecule has 0 radical (unpaired) electrons. The Morgan fingerprint density at radius 2 is 1.89 bits per heavy atom. The minimum absolute atomic E-state index is 0.137. The Balaban J connectivity index is 2.69. The first-order valence-corrected chi connectivity index (χ1v) is 5.74. The summed E-state index contributed by atoms with van der Waals surface area (Å²) in [4.78, 5) is 11.4. The molecule has 1 atom stereocenters. The molecule has 0 fully saturated rings. The molecule has 1 aromatic rings. The van der Waals surface area contributed by atoms with E-state index in [0.717, 1.165) is 0 Å². The first-order valence-electron chi connectivity index (χ1n) is 5.74. The molecule has 0 aliphatic rings. The van der Waals surface area contributed by atoms with Crippen LogP contribution in [0.3, 0.4) is 0 Å². The fourth-order valence-corrected chi connectivity index (χ4v) is 1.50. The van der Waals surface area contributed by atoms with E-state index in [0.29, 0.717) is 6.42 Å². The largest absolute Gasteiger partial charge is 0.428 e. The van der Waals surface area contributed by atoms with Crippen LogP contribution in [-0.2, 0) is 15.6 Å². The minimum atomic E-state index is -3.65. The number of nitrogens with two attached hydrogens (primary N) is 1. The predicted octanol–water partition coefficient (Wildman–Crippen LogP) is 2.65. The Bertz CT molecular complexity index is 393. The van der Waals surface area contributed by atoms with Crippen LogP contribution >= 0.6 is 0 Å². The highest BCUT2D eigenvalue weighted by molar-refractivity contribution is 5.75. The van der Waals surface area contributed by atoms with Crippen LogP contribution in [0, 0.1) is 5.92 Å². The van der Waals surface area contributed by atoms with E-state index < -0.39 is 18.1 Å². The summed E-state index contributed by atoms with van der Waals surface area (Å²) in [7, 11) is 0. The highest BCUT2D eigenvalue weighted by atomic mass is 19.3. The molecule has 1 unspecified atom stereocenters. The van der Waals surface area contributed by atoms with Gasteiger partial charge in [-0.2, -0.15) is 8.78 Å². The number of ether oxygens (including phenoxy) is 1. The summed E-state index contributed by atoms with van der Waals surface area (Å²) >= 11 is 0. The zero-order chi connectivity index (χ0) is 13.8. The van der Waals surface area contributed by atoms with Gasteiger partial charge in [-0.3, -0.25) is 4.79 Å². The van der Waals surface area contributed by atoms with Crippen LogP contribution in [0.4, 0.5) is 8.78 Å². The van der Waals surface area contributed by atoms with Crippen molar-refractivity contribution in [2.45, 2.75) is 32.4 Å². The third-order valence-electron chi connectivity index (χ3n) is 2.37. The molecule has 0 spiro atoms. The summed E-state index contributed by atoms with van der Waals surface area (Å²) < 4.78 is 31.4. The van der Waals surface area contributed by atoms with E-state index in [2.05, 4.69) is 4.74 Å². The van der Waals surface area contributed by atoms with Gasteiger partial charge >= 0.3 is 12.1 Å². The third kappa shape index (κ3) is 4.07. The Morgan fingerprint density at radius 1 is 1.33 bits per heavy atom. The molecule has 18 heavy (non-hydrogen) atoms. The Labute approximate surface area is 105 Å². The molecule has 5 heteroatoms. The van der Waals surface area contributed by atoms with Crippen LogP contribution in [0.15, 0.2) is 30.3 Å². The lowest BCUT2D eigenvalue weighted by Gasteiger charge is -2.20. The van der Waals surface area contributed by atoms with Crippen LogP contribution in [0.2, 0.25) is 0 Å². The average molecular weight is 257 g/mol. The van der Waals surface area contributed by atoms with Crippen molar-refractivity contribution in [3.05, 3.63) is 35.9 Å². The van der Waals surface area contributed by atoms with E-state index in [4.69, 9.17) is 5.73 Å². The van der Waals surface area contributed by atoms with Gasteiger partial charge in [0.2, 0.25) is 0 Å². The highest BCUT2D eigenvalue weighted by Gasteiger charge is 2.37. The number of carbonyl (C=O) groups excluding carboxylic acids is 1. The van der Waals surface area contributed by atoms with E-state index in [1.54, 1.807) is 6.07 Å². The summed E-state index contributed by atoms with van der Waals surface area (Å²) in [5.41, 5.74) is 5.13. The number of carbonyl (C=O) groups is 1. The quantitative estimate of drug-likeness (QED) is 0.825.